The molecule has 0 radical (unpaired) electrons. The molecule has 0 saturated heterocycles. The highest BCUT2D eigenvalue weighted by molar-refractivity contribution is 6.01. The summed E-state index contributed by atoms with van der Waals surface area (Å²) >= 11 is 0. The van der Waals surface area contributed by atoms with Crippen LogP contribution in [0.2, 0.25) is 0 Å². The highest BCUT2D eigenvalue weighted by Crippen LogP contribution is 2.19. The molecule has 0 fully saturated rings. The van der Waals surface area contributed by atoms with E-state index in [1.165, 1.54) is 12.1 Å². The Morgan fingerprint density at radius 1 is 1.26 bits per heavy atom. The normalized spacial score (nSPS) is 16.0. The molecule has 0 spiro atoms. The molecular formula is C21H24FN3O2. The summed E-state index contributed by atoms with van der Waals surface area (Å²) in [7, 11) is 0. The smallest absolute Gasteiger partial charge is 0.318 e. The van der Waals surface area contributed by atoms with Gasteiger partial charge >= 0.3 is 6.03 Å². The minimum atomic E-state index is -0.316. The van der Waals surface area contributed by atoms with Crippen molar-refractivity contribution in [2.45, 2.75) is 39.0 Å². The molecule has 1 atom stereocenters. The van der Waals surface area contributed by atoms with Gasteiger partial charge in [-0.05, 0) is 37.1 Å². The number of halogens is 1. The molecule has 2 aromatic rings. The van der Waals surface area contributed by atoms with Crippen LogP contribution in [0.5, 0.6) is 0 Å². The average molecular weight is 369 g/mol. The van der Waals surface area contributed by atoms with Crippen LogP contribution < -0.4 is 5.32 Å². The molecule has 3 rings (SSSR count). The second kappa shape index (κ2) is 8.66. The fourth-order valence-corrected chi connectivity index (χ4v) is 2.99. The lowest BCUT2D eigenvalue weighted by Crippen LogP contribution is -2.45. The van der Waals surface area contributed by atoms with E-state index in [0.717, 1.165) is 16.8 Å². The van der Waals surface area contributed by atoms with E-state index < -0.39 is 0 Å². The third-order valence-corrected chi connectivity index (χ3v) is 4.23. The third-order valence-electron chi connectivity index (χ3n) is 4.23. The van der Waals surface area contributed by atoms with Gasteiger partial charge in [0, 0.05) is 19.0 Å². The molecule has 142 valence electrons. The molecular weight excluding hydrogens is 345 g/mol. The molecule has 2 aromatic carbocycles. The summed E-state index contributed by atoms with van der Waals surface area (Å²) in [6, 6.07) is 15.9. The standard InChI is InChI=1S/C21H24FN3O2/c1-15(2)23-21(26)25(13-16-7-6-10-18(22)11-16)14-19-12-20(24-27-19)17-8-4-3-5-9-17/h3-11,15,19H,12-14H2,1-2H3,(H,23,26)/t19-/m0/s1. The SMILES string of the molecule is CC(C)NC(=O)N(Cc1cccc(F)c1)C[C@@H]1CC(c2ccccc2)=NO1. The maximum Gasteiger partial charge on any atom is 0.318 e. The monoisotopic (exact) mass is 369 g/mol. The summed E-state index contributed by atoms with van der Waals surface area (Å²) in [6.07, 6.45) is 0.394. The lowest BCUT2D eigenvalue weighted by atomic mass is 10.0. The van der Waals surface area contributed by atoms with Gasteiger partial charge in [-0.15, -0.1) is 0 Å². The topological polar surface area (TPSA) is 53.9 Å². The highest BCUT2D eigenvalue weighted by Gasteiger charge is 2.27. The Morgan fingerprint density at radius 2 is 2.04 bits per heavy atom. The molecule has 27 heavy (non-hydrogen) atoms. The Bertz CT molecular complexity index is 808. The van der Waals surface area contributed by atoms with Gasteiger partial charge in [0.1, 0.15) is 5.82 Å². The van der Waals surface area contributed by atoms with Gasteiger partial charge in [0.15, 0.2) is 6.10 Å². The van der Waals surface area contributed by atoms with Crippen LogP contribution in [0.15, 0.2) is 59.8 Å². The molecule has 0 aromatic heterocycles. The van der Waals surface area contributed by atoms with E-state index in [9.17, 15) is 9.18 Å². The number of nitrogens with one attached hydrogen (secondary N) is 1. The first-order valence-electron chi connectivity index (χ1n) is 9.09. The number of amides is 2. The number of urea groups is 1. The fraction of sp³-hybridized carbons (Fsp3) is 0.333. The summed E-state index contributed by atoms with van der Waals surface area (Å²) in [5.74, 6) is -0.316. The Morgan fingerprint density at radius 3 is 2.74 bits per heavy atom. The summed E-state index contributed by atoms with van der Waals surface area (Å²) in [4.78, 5) is 19.8. The zero-order valence-electron chi connectivity index (χ0n) is 15.6. The summed E-state index contributed by atoms with van der Waals surface area (Å²) < 4.78 is 13.5. The van der Waals surface area contributed by atoms with Crippen LogP contribution in [-0.4, -0.2) is 35.3 Å². The van der Waals surface area contributed by atoms with Crippen LogP contribution >= 0.6 is 0 Å². The summed E-state index contributed by atoms with van der Waals surface area (Å²) in [5, 5.41) is 7.07. The number of carbonyl (C=O) groups is 1. The largest absolute Gasteiger partial charge is 0.390 e. The Kier molecular flexibility index (Phi) is 6.06. The van der Waals surface area contributed by atoms with Crippen molar-refractivity contribution in [2.24, 2.45) is 5.16 Å². The van der Waals surface area contributed by atoms with Crippen LogP contribution in [0.4, 0.5) is 9.18 Å². The maximum atomic E-state index is 13.5. The van der Waals surface area contributed by atoms with Crippen LogP contribution in [0.25, 0.3) is 0 Å². The number of nitrogens with zero attached hydrogens (tertiary/aromatic N) is 2. The van der Waals surface area contributed by atoms with Crippen molar-refractivity contribution >= 4 is 11.7 Å². The van der Waals surface area contributed by atoms with Crippen molar-refractivity contribution in [1.82, 2.24) is 10.2 Å². The Balaban J connectivity index is 1.67. The van der Waals surface area contributed by atoms with Crippen molar-refractivity contribution in [3.63, 3.8) is 0 Å². The molecule has 1 aliphatic heterocycles. The average Bonchev–Trinajstić information content (AvgIpc) is 3.10. The van der Waals surface area contributed by atoms with E-state index in [0.29, 0.717) is 19.5 Å². The lowest BCUT2D eigenvalue weighted by molar-refractivity contribution is 0.0586. The molecule has 0 unspecified atom stereocenters. The summed E-state index contributed by atoms with van der Waals surface area (Å²) in [5.41, 5.74) is 2.62. The molecule has 1 heterocycles. The van der Waals surface area contributed by atoms with E-state index in [4.69, 9.17) is 4.84 Å². The van der Waals surface area contributed by atoms with Gasteiger partial charge in [0.05, 0.1) is 12.3 Å². The van der Waals surface area contributed by atoms with Gasteiger partial charge in [-0.2, -0.15) is 0 Å². The number of carbonyl (C=O) groups excluding carboxylic acids is 1. The Hall–Kier alpha value is -2.89. The highest BCUT2D eigenvalue weighted by atomic mass is 19.1. The second-order valence-corrected chi connectivity index (χ2v) is 6.95. The Labute approximate surface area is 158 Å². The van der Waals surface area contributed by atoms with Gasteiger partial charge in [-0.3, -0.25) is 0 Å². The number of rotatable bonds is 6. The van der Waals surface area contributed by atoms with Crippen molar-refractivity contribution in [2.75, 3.05) is 6.54 Å². The molecule has 0 saturated carbocycles. The third kappa shape index (κ3) is 5.29. The quantitative estimate of drug-likeness (QED) is 0.839. The minimum Gasteiger partial charge on any atom is -0.390 e. The van der Waals surface area contributed by atoms with Crippen molar-refractivity contribution in [1.29, 1.82) is 0 Å². The van der Waals surface area contributed by atoms with E-state index >= 15 is 0 Å². The van der Waals surface area contributed by atoms with Gasteiger partial charge in [0.25, 0.3) is 0 Å². The van der Waals surface area contributed by atoms with Gasteiger partial charge < -0.3 is 15.1 Å². The number of hydrogen-bond acceptors (Lipinski definition) is 3. The predicted octanol–water partition coefficient (Wildman–Crippen LogP) is 3.94. The van der Waals surface area contributed by atoms with E-state index in [1.54, 1.807) is 17.0 Å². The van der Waals surface area contributed by atoms with Crippen molar-refractivity contribution < 1.29 is 14.0 Å². The lowest BCUT2D eigenvalue weighted by Gasteiger charge is -2.26. The van der Waals surface area contributed by atoms with Crippen LogP contribution in [-0.2, 0) is 11.4 Å². The van der Waals surface area contributed by atoms with Crippen molar-refractivity contribution in [3.8, 4) is 0 Å². The van der Waals surface area contributed by atoms with Crippen LogP contribution in [0.3, 0.4) is 0 Å². The first-order valence-corrected chi connectivity index (χ1v) is 9.09. The second-order valence-electron chi connectivity index (χ2n) is 6.95. The maximum absolute atomic E-state index is 13.5. The van der Waals surface area contributed by atoms with E-state index in [2.05, 4.69) is 10.5 Å². The van der Waals surface area contributed by atoms with Crippen LogP contribution in [0.1, 0.15) is 31.4 Å². The zero-order chi connectivity index (χ0) is 19.2. The molecule has 1 N–H and O–H groups in total. The minimum absolute atomic E-state index is 0.00753. The first kappa shape index (κ1) is 18.9. The van der Waals surface area contributed by atoms with E-state index in [1.807, 2.05) is 44.2 Å². The van der Waals surface area contributed by atoms with Gasteiger partial charge in [-0.25, -0.2) is 9.18 Å². The first-order chi connectivity index (χ1) is 13.0. The van der Waals surface area contributed by atoms with Crippen molar-refractivity contribution in [3.05, 3.63) is 71.5 Å². The van der Waals surface area contributed by atoms with Crippen LogP contribution in [0, 0.1) is 5.82 Å². The number of benzene rings is 2. The molecule has 5 nitrogen and oxygen atoms in total. The van der Waals surface area contributed by atoms with Gasteiger partial charge in [0.2, 0.25) is 0 Å². The number of oxime groups is 1. The molecule has 1 aliphatic rings. The molecule has 6 heteroatoms. The van der Waals surface area contributed by atoms with E-state index in [-0.39, 0.29) is 24.0 Å². The van der Waals surface area contributed by atoms with Gasteiger partial charge in [-0.1, -0.05) is 47.6 Å². The molecule has 2 amide bonds. The fourth-order valence-electron chi connectivity index (χ4n) is 2.99. The summed E-state index contributed by atoms with van der Waals surface area (Å²) in [6.45, 7) is 4.48. The molecule has 0 aliphatic carbocycles. The predicted molar refractivity (Wildman–Crippen MR) is 103 cm³/mol. The zero-order valence-corrected chi connectivity index (χ0v) is 15.6. The molecule has 0 bridgehead atoms. The number of hydrogen-bond donors (Lipinski definition) is 1.